The Bertz CT molecular complexity index is 486. The highest BCUT2D eigenvalue weighted by molar-refractivity contribution is 5.66. The lowest BCUT2D eigenvalue weighted by atomic mass is 10.0. The maximum absolute atomic E-state index is 10.8. The lowest BCUT2D eigenvalue weighted by Crippen LogP contribution is -2.23. The summed E-state index contributed by atoms with van der Waals surface area (Å²) in [7, 11) is 0. The predicted molar refractivity (Wildman–Crippen MR) is 92.3 cm³/mol. The molecule has 1 N–H and O–H groups in total. The number of hydrogen-bond acceptors (Lipinski definition) is 3. The first-order valence-corrected chi connectivity index (χ1v) is 8.27. The van der Waals surface area contributed by atoms with E-state index in [4.69, 9.17) is 14.6 Å². The van der Waals surface area contributed by atoms with Gasteiger partial charge in [-0.05, 0) is 53.9 Å². The molecule has 0 unspecified atom stereocenters. The number of rotatable bonds is 8. The first-order chi connectivity index (χ1) is 10.7. The zero-order chi connectivity index (χ0) is 17.5. The van der Waals surface area contributed by atoms with Crippen LogP contribution in [0, 0.1) is 0 Å². The molecule has 0 saturated carbocycles. The second kappa shape index (κ2) is 9.04. The standard InChI is InChI=1S/C19H30O4/c1-6-14(2)8-7-9-15(3)10-11-16-17(12-13-18(20)21)23-19(4,5)22-16/h6-9,16-17H,10-13H2,1-5H3,(H,20,21)/b8-7+,14-6+,15-9-/t16-,17-/m0/s1. The summed E-state index contributed by atoms with van der Waals surface area (Å²) in [5, 5.41) is 8.85. The third-order valence-electron chi connectivity index (χ3n) is 3.95. The van der Waals surface area contributed by atoms with Crippen molar-refractivity contribution in [1.29, 1.82) is 0 Å². The Balaban J connectivity index is 2.54. The molecule has 1 saturated heterocycles. The smallest absolute Gasteiger partial charge is 0.303 e. The van der Waals surface area contributed by atoms with Gasteiger partial charge in [-0.1, -0.05) is 35.5 Å². The summed E-state index contributed by atoms with van der Waals surface area (Å²) in [6.45, 7) is 9.95. The van der Waals surface area contributed by atoms with Gasteiger partial charge in [0.05, 0.1) is 12.2 Å². The average molecular weight is 322 g/mol. The highest BCUT2D eigenvalue weighted by Gasteiger charge is 2.40. The monoisotopic (exact) mass is 322 g/mol. The highest BCUT2D eigenvalue weighted by Crippen LogP contribution is 2.33. The molecular formula is C19H30O4. The van der Waals surface area contributed by atoms with Gasteiger partial charge in [-0.2, -0.15) is 0 Å². The molecule has 23 heavy (non-hydrogen) atoms. The van der Waals surface area contributed by atoms with Crippen molar-refractivity contribution in [3.63, 3.8) is 0 Å². The molecule has 0 radical (unpaired) electrons. The van der Waals surface area contributed by atoms with E-state index in [-0.39, 0.29) is 18.6 Å². The highest BCUT2D eigenvalue weighted by atomic mass is 16.7. The molecule has 1 fully saturated rings. The van der Waals surface area contributed by atoms with Crippen LogP contribution in [0.1, 0.15) is 60.3 Å². The second-order valence-corrected chi connectivity index (χ2v) is 6.59. The van der Waals surface area contributed by atoms with E-state index in [0.717, 1.165) is 12.8 Å². The normalized spacial score (nSPS) is 25.3. The van der Waals surface area contributed by atoms with Crippen LogP contribution in [0.4, 0.5) is 0 Å². The molecule has 0 aromatic heterocycles. The van der Waals surface area contributed by atoms with Crippen LogP contribution < -0.4 is 0 Å². The molecule has 1 aliphatic heterocycles. The van der Waals surface area contributed by atoms with Crippen LogP contribution in [-0.2, 0) is 14.3 Å². The van der Waals surface area contributed by atoms with Crippen molar-refractivity contribution in [2.75, 3.05) is 0 Å². The van der Waals surface area contributed by atoms with Crippen molar-refractivity contribution in [3.05, 3.63) is 35.5 Å². The number of carboxylic acids is 1. The first kappa shape index (κ1) is 19.7. The Kier molecular flexibility index (Phi) is 7.73. The van der Waals surface area contributed by atoms with Gasteiger partial charge >= 0.3 is 5.97 Å². The van der Waals surface area contributed by atoms with Crippen molar-refractivity contribution >= 4 is 5.97 Å². The van der Waals surface area contributed by atoms with Gasteiger partial charge in [0.25, 0.3) is 0 Å². The molecule has 0 aliphatic carbocycles. The van der Waals surface area contributed by atoms with E-state index in [1.807, 2.05) is 20.8 Å². The molecule has 1 heterocycles. The molecule has 0 aromatic carbocycles. The molecule has 1 aliphatic rings. The van der Waals surface area contributed by atoms with Crippen molar-refractivity contribution in [2.24, 2.45) is 0 Å². The van der Waals surface area contributed by atoms with Crippen molar-refractivity contribution in [2.45, 2.75) is 78.3 Å². The molecule has 0 aromatic rings. The summed E-state index contributed by atoms with van der Waals surface area (Å²) >= 11 is 0. The van der Waals surface area contributed by atoms with Gasteiger partial charge in [-0.25, -0.2) is 0 Å². The van der Waals surface area contributed by atoms with Gasteiger partial charge in [-0.3, -0.25) is 4.79 Å². The average Bonchev–Trinajstić information content (AvgIpc) is 2.77. The van der Waals surface area contributed by atoms with Crippen LogP contribution in [0.5, 0.6) is 0 Å². The lowest BCUT2D eigenvalue weighted by Gasteiger charge is -2.16. The number of carboxylic acid groups (broad SMARTS) is 1. The molecule has 0 spiro atoms. The van der Waals surface area contributed by atoms with Gasteiger partial charge in [0.1, 0.15) is 0 Å². The quantitative estimate of drug-likeness (QED) is 0.662. The Morgan fingerprint density at radius 1 is 1.13 bits per heavy atom. The van der Waals surface area contributed by atoms with E-state index < -0.39 is 11.8 Å². The van der Waals surface area contributed by atoms with Crippen LogP contribution in [0.2, 0.25) is 0 Å². The Hall–Kier alpha value is -1.39. The van der Waals surface area contributed by atoms with Gasteiger partial charge in [0.15, 0.2) is 5.79 Å². The lowest BCUT2D eigenvalue weighted by molar-refractivity contribution is -0.149. The van der Waals surface area contributed by atoms with Gasteiger partial charge in [0, 0.05) is 6.42 Å². The minimum absolute atomic E-state index is 0.0473. The number of allylic oxidation sites excluding steroid dienone is 6. The van der Waals surface area contributed by atoms with Gasteiger partial charge < -0.3 is 14.6 Å². The molecule has 2 atom stereocenters. The van der Waals surface area contributed by atoms with Crippen LogP contribution in [0.25, 0.3) is 0 Å². The number of aliphatic carboxylic acids is 1. The Labute approximate surface area is 139 Å². The minimum Gasteiger partial charge on any atom is -0.481 e. The van der Waals surface area contributed by atoms with Crippen LogP contribution in [0.15, 0.2) is 35.5 Å². The van der Waals surface area contributed by atoms with Gasteiger partial charge in [0.2, 0.25) is 0 Å². The van der Waals surface area contributed by atoms with E-state index in [1.165, 1.54) is 11.1 Å². The fourth-order valence-corrected chi connectivity index (χ4v) is 2.58. The van der Waals surface area contributed by atoms with E-state index >= 15 is 0 Å². The molecule has 0 amide bonds. The van der Waals surface area contributed by atoms with Crippen LogP contribution >= 0.6 is 0 Å². The molecule has 130 valence electrons. The molecule has 4 heteroatoms. The summed E-state index contributed by atoms with van der Waals surface area (Å²) in [5.74, 6) is -1.42. The molecule has 4 nitrogen and oxygen atoms in total. The third-order valence-corrected chi connectivity index (χ3v) is 3.95. The Morgan fingerprint density at radius 3 is 2.22 bits per heavy atom. The third kappa shape index (κ3) is 7.62. The topological polar surface area (TPSA) is 55.8 Å². The fraction of sp³-hybridized carbons (Fsp3) is 0.632. The van der Waals surface area contributed by atoms with E-state index in [9.17, 15) is 4.79 Å². The van der Waals surface area contributed by atoms with E-state index in [1.54, 1.807) is 0 Å². The largest absolute Gasteiger partial charge is 0.481 e. The van der Waals surface area contributed by atoms with E-state index in [0.29, 0.717) is 6.42 Å². The first-order valence-electron chi connectivity index (χ1n) is 8.27. The van der Waals surface area contributed by atoms with Crippen LogP contribution in [0.3, 0.4) is 0 Å². The number of hydrogen-bond donors (Lipinski definition) is 1. The van der Waals surface area contributed by atoms with E-state index in [2.05, 4.69) is 38.2 Å². The summed E-state index contributed by atoms with van der Waals surface area (Å²) in [6.07, 6.45) is 10.5. The second-order valence-electron chi connectivity index (χ2n) is 6.59. The zero-order valence-corrected chi connectivity index (χ0v) is 15.0. The maximum atomic E-state index is 10.8. The van der Waals surface area contributed by atoms with Crippen molar-refractivity contribution in [1.82, 2.24) is 0 Å². The summed E-state index contributed by atoms with van der Waals surface area (Å²) in [4.78, 5) is 10.8. The fourth-order valence-electron chi connectivity index (χ4n) is 2.58. The summed E-state index contributed by atoms with van der Waals surface area (Å²) < 4.78 is 11.8. The maximum Gasteiger partial charge on any atom is 0.303 e. The molecular weight excluding hydrogens is 292 g/mol. The summed E-state index contributed by atoms with van der Waals surface area (Å²) in [6, 6.07) is 0. The SMILES string of the molecule is C/C=C(C)/C=C/C=C(/C)CC[C@@H]1OC(C)(C)O[C@H]1CCC(=O)O. The number of ether oxygens (including phenoxy) is 2. The predicted octanol–water partition coefficient (Wildman–Crippen LogP) is 4.62. The van der Waals surface area contributed by atoms with Crippen molar-refractivity contribution in [3.8, 4) is 0 Å². The van der Waals surface area contributed by atoms with Crippen LogP contribution in [-0.4, -0.2) is 29.1 Å². The minimum atomic E-state index is -0.794. The number of carbonyl (C=O) groups is 1. The molecule has 0 bridgehead atoms. The van der Waals surface area contributed by atoms with Crippen molar-refractivity contribution < 1.29 is 19.4 Å². The van der Waals surface area contributed by atoms with Gasteiger partial charge in [-0.15, -0.1) is 0 Å². The Morgan fingerprint density at radius 2 is 1.70 bits per heavy atom. The zero-order valence-electron chi connectivity index (χ0n) is 15.0. The molecule has 1 rings (SSSR count). The summed E-state index contributed by atoms with van der Waals surface area (Å²) in [5.41, 5.74) is 2.51.